The summed E-state index contributed by atoms with van der Waals surface area (Å²) in [7, 11) is -1.60. The van der Waals surface area contributed by atoms with Gasteiger partial charge in [-0.1, -0.05) is 36.4 Å². The van der Waals surface area contributed by atoms with Crippen LogP contribution in [0.15, 0.2) is 72.8 Å². The van der Waals surface area contributed by atoms with Crippen LogP contribution in [-0.4, -0.2) is 17.3 Å². The number of fused-ring (bicyclic) bond motifs is 3. The molecule has 0 fully saturated rings. The zero-order chi connectivity index (χ0) is 15.8. The summed E-state index contributed by atoms with van der Waals surface area (Å²) in [6.45, 7) is 0. The highest BCUT2D eigenvalue weighted by atomic mass is 32.1. The van der Waals surface area contributed by atoms with Crippen LogP contribution in [0.3, 0.4) is 0 Å². The SMILES string of the molecule is OB(O)N(c1ccccc1)c1ccc2sc3ccccc3c2c1. The molecule has 0 aliphatic heterocycles. The van der Waals surface area contributed by atoms with Gasteiger partial charge in [-0.2, -0.15) is 0 Å². The number of hydrogen-bond acceptors (Lipinski definition) is 4. The summed E-state index contributed by atoms with van der Waals surface area (Å²) < 4.78 is 2.42. The lowest BCUT2D eigenvalue weighted by Crippen LogP contribution is -2.35. The molecule has 112 valence electrons. The molecule has 0 saturated carbocycles. The normalized spacial score (nSPS) is 11.0. The van der Waals surface area contributed by atoms with E-state index in [1.807, 2.05) is 60.7 Å². The number of hydrogen-bond donors (Lipinski definition) is 2. The fourth-order valence-corrected chi connectivity index (χ4v) is 3.95. The molecule has 5 heteroatoms. The third-order valence-corrected chi connectivity index (χ3v) is 5.06. The molecule has 0 spiro atoms. The van der Waals surface area contributed by atoms with Crippen LogP contribution in [0.5, 0.6) is 0 Å². The lowest BCUT2D eigenvalue weighted by atomic mass is 10.0. The van der Waals surface area contributed by atoms with Gasteiger partial charge < -0.3 is 14.9 Å². The zero-order valence-electron chi connectivity index (χ0n) is 12.3. The lowest BCUT2D eigenvalue weighted by molar-refractivity contribution is 0.407. The Hall–Kier alpha value is -2.34. The van der Waals surface area contributed by atoms with Crippen LogP contribution >= 0.6 is 11.3 Å². The summed E-state index contributed by atoms with van der Waals surface area (Å²) in [4.78, 5) is 1.51. The van der Waals surface area contributed by atoms with Crippen molar-refractivity contribution >= 4 is 50.1 Å². The van der Waals surface area contributed by atoms with Crippen LogP contribution in [0.2, 0.25) is 0 Å². The summed E-state index contributed by atoms with van der Waals surface area (Å²) in [6, 6.07) is 23.6. The maximum Gasteiger partial charge on any atom is 0.592 e. The second-order valence-corrected chi connectivity index (χ2v) is 6.41. The number of para-hydroxylation sites is 1. The largest absolute Gasteiger partial charge is 0.592 e. The summed E-state index contributed by atoms with van der Waals surface area (Å²) in [5, 5.41) is 22.0. The Kier molecular flexibility index (Phi) is 3.54. The smallest absolute Gasteiger partial charge is 0.407 e. The van der Waals surface area contributed by atoms with Gasteiger partial charge in [-0.05, 0) is 36.4 Å². The predicted molar refractivity (Wildman–Crippen MR) is 98.1 cm³/mol. The van der Waals surface area contributed by atoms with Gasteiger partial charge in [-0.3, -0.25) is 0 Å². The van der Waals surface area contributed by atoms with Gasteiger partial charge in [0, 0.05) is 31.5 Å². The van der Waals surface area contributed by atoms with Gasteiger partial charge >= 0.3 is 7.25 Å². The maximum atomic E-state index is 9.84. The Morgan fingerprint density at radius 3 is 2.17 bits per heavy atom. The van der Waals surface area contributed by atoms with E-state index < -0.39 is 7.25 Å². The Bertz CT molecular complexity index is 969. The van der Waals surface area contributed by atoms with Crippen molar-refractivity contribution in [1.82, 2.24) is 0 Å². The Balaban J connectivity index is 1.91. The van der Waals surface area contributed by atoms with Crippen molar-refractivity contribution < 1.29 is 10.0 Å². The molecule has 4 rings (SSSR count). The zero-order valence-corrected chi connectivity index (χ0v) is 13.1. The van der Waals surface area contributed by atoms with Crippen molar-refractivity contribution in [2.45, 2.75) is 0 Å². The first-order valence-electron chi connectivity index (χ1n) is 7.36. The molecular weight excluding hydrogens is 305 g/mol. The van der Waals surface area contributed by atoms with Gasteiger partial charge in [0.25, 0.3) is 0 Å². The van der Waals surface area contributed by atoms with Gasteiger partial charge in [0.2, 0.25) is 0 Å². The predicted octanol–water partition coefficient (Wildman–Crippen LogP) is 4.16. The average Bonchev–Trinajstić information content (AvgIpc) is 2.94. The number of nitrogens with zero attached hydrogens (tertiary/aromatic N) is 1. The topological polar surface area (TPSA) is 43.7 Å². The van der Waals surface area contributed by atoms with Crippen molar-refractivity contribution in [3.63, 3.8) is 0 Å². The first-order chi connectivity index (χ1) is 11.2. The molecule has 0 atom stereocenters. The highest BCUT2D eigenvalue weighted by Gasteiger charge is 2.23. The van der Waals surface area contributed by atoms with Crippen LogP contribution in [0.4, 0.5) is 11.4 Å². The van der Waals surface area contributed by atoms with Crippen LogP contribution < -0.4 is 4.81 Å². The van der Waals surface area contributed by atoms with Crippen molar-refractivity contribution in [3.8, 4) is 0 Å². The van der Waals surface area contributed by atoms with E-state index in [-0.39, 0.29) is 0 Å². The van der Waals surface area contributed by atoms with Gasteiger partial charge in [0.1, 0.15) is 0 Å². The average molecular weight is 319 g/mol. The van der Waals surface area contributed by atoms with E-state index in [2.05, 4.69) is 12.1 Å². The van der Waals surface area contributed by atoms with Crippen molar-refractivity contribution in [3.05, 3.63) is 72.8 Å². The first-order valence-corrected chi connectivity index (χ1v) is 8.17. The summed E-state index contributed by atoms with van der Waals surface area (Å²) >= 11 is 1.74. The first kappa shape index (κ1) is 14.3. The van der Waals surface area contributed by atoms with E-state index in [1.165, 1.54) is 19.6 Å². The van der Waals surface area contributed by atoms with E-state index in [0.717, 1.165) is 16.8 Å². The molecule has 23 heavy (non-hydrogen) atoms. The molecule has 1 heterocycles. The highest BCUT2D eigenvalue weighted by molar-refractivity contribution is 7.25. The monoisotopic (exact) mass is 319 g/mol. The molecular formula is C18H14BNO2S. The minimum Gasteiger partial charge on any atom is -0.407 e. The van der Waals surface area contributed by atoms with Crippen molar-refractivity contribution in [2.24, 2.45) is 0 Å². The van der Waals surface area contributed by atoms with E-state index >= 15 is 0 Å². The number of benzene rings is 3. The Morgan fingerprint density at radius 1 is 0.696 bits per heavy atom. The third-order valence-electron chi connectivity index (χ3n) is 3.90. The second kappa shape index (κ2) is 5.70. The third kappa shape index (κ3) is 2.49. The van der Waals surface area contributed by atoms with E-state index in [4.69, 9.17) is 0 Å². The van der Waals surface area contributed by atoms with Crippen LogP contribution in [0.25, 0.3) is 20.2 Å². The van der Waals surface area contributed by atoms with E-state index in [9.17, 15) is 10.0 Å². The molecule has 1 aromatic heterocycles. The summed E-state index contributed by atoms with van der Waals surface area (Å²) in [5.41, 5.74) is 1.49. The fourth-order valence-electron chi connectivity index (χ4n) is 2.87. The van der Waals surface area contributed by atoms with Gasteiger partial charge in [-0.25, -0.2) is 0 Å². The van der Waals surface area contributed by atoms with Crippen LogP contribution in [-0.2, 0) is 0 Å². The Morgan fingerprint density at radius 2 is 1.39 bits per heavy atom. The number of thiophene rings is 1. The standard InChI is InChI=1S/C18H14BNO2S/c21-19(22)20(13-6-2-1-3-7-13)14-10-11-18-16(12-14)15-8-4-5-9-17(15)23-18/h1-12,21-22H. The molecule has 3 nitrogen and oxygen atoms in total. The molecule has 0 unspecified atom stereocenters. The number of rotatable bonds is 3. The quantitative estimate of drug-likeness (QED) is 0.557. The summed E-state index contributed by atoms with van der Waals surface area (Å²) in [5.74, 6) is 0. The minimum absolute atomic E-state index is 0.737. The van der Waals surface area contributed by atoms with Gasteiger partial charge in [0.15, 0.2) is 0 Å². The van der Waals surface area contributed by atoms with Crippen molar-refractivity contribution in [2.75, 3.05) is 4.81 Å². The molecule has 0 aliphatic rings. The maximum absolute atomic E-state index is 9.84. The van der Waals surface area contributed by atoms with Crippen LogP contribution in [0, 0.1) is 0 Å². The lowest BCUT2D eigenvalue weighted by Gasteiger charge is -2.24. The molecule has 0 bridgehead atoms. The van der Waals surface area contributed by atoms with E-state index in [0.29, 0.717) is 0 Å². The molecule has 3 aromatic carbocycles. The molecule has 2 N–H and O–H groups in total. The summed E-state index contributed by atoms with van der Waals surface area (Å²) in [6.07, 6.45) is 0. The highest BCUT2D eigenvalue weighted by Crippen LogP contribution is 2.37. The molecule has 0 aliphatic carbocycles. The molecule has 4 aromatic rings. The number of anilines is 2. The Labute approximate surface area is 138 Å². The molecule has 0 radical (unpaired) electrons. The second-order valence-electron chi connectivity index (χ2n) is 5.33. The van der Waals surface area contributed by atoms with Gasteiger partial charge in [-0.15, -0.1) is 11.3 Å². The van der Waals surface area contributed by atoms with Gasteiger partial charge in [0.05, 0.1) is 0 Å². The molecule has 0 saturated heterocycles. The van der Waals surface area contributed by atoms with E-state index in [1.54, 1.807) is 11.3 Å². The fraction of sp³-hybridized carbons (Fsp3) is 0. The minimum atomic E-state index is -1.60. The molecule has 0 amide bonds. The van der Waals surface area contributed by atoms with Crippen LogP contribution in [0.1, 0.15) is 0 Å². The van der Waals surface area contributed by atoms with Crippen molar-refractivity contribution in [1.29, 1.82) is 0 Å².